The predicted molar refractivity (Wildman–Crippen MR) is 249 cm³/mol. The van der Waals surface area contributed by atoms with Gasteiger partial charge in [-0.05, 0) is 97.1 Å². The van der Waals surface area contributed by atoms with Crippen molar-refractivity contribution < 1.29 is 0 Å². The molecule has 0 aliphatic rings. The molecular formula is C57H39N3. The summed E-state index contributed by atoms with van der Waals surface area (Å²) in [5.74, 6) is 1.85. The van der Waals surface area contributed by atoms with E-state index in [-0.39, 0.29) is 0 Å². The van der Waals surface area contributed by atoms with Crippen molar-refractivity contribution in [2.24, 2.45) is 0 Å². The zero-order valence-electron chi connectivity index (χ0n) is 32.9. The third-order valence-corrected chi connectivity index (χ3v) is 10.9. The smallest absolute Gasteiger partial charge is 0.164 e. The standard InChI is InChI=1S/C57H39N3/c1-4-15-40(16-5-1)45-21-10-24-48(35-45)43-31-33-44(34-32-43)55-58-56(53-29-13-27-51(38-53)49-25-11-22-46(36-49)41-17-6-2-7-18-41)60-57(59-55)54-30-14-28-52(39-54)50-26-12-23-47(37-50)42-19-8-3-9-20-42/h1-39H. The van der Waals surface area contributed by atoms with Crippen LogP contribution in [0, 0.1) is 0 Å². The average Bonchev–Trinajstić information content (AvgIpc) is 3.35. The van der Waals surface area contributed by atoms with Gasteiger partial charge in [0, 0.05) is 16.7 Å². The van der Waals surface area contributed by atoms with Crippen molar-refractivity contribution in [2.45, 2.75) is 0 Å². The molecule has 0 bridgehead atoms. The van der Waals surface area contributed by atoms with E-state index in [0.29, 0.717) is 17.5 Å². The molecule has 3 heteroatoms. The minimum Gasteiger partial charge on any atom is -0.208 e. The first-order valence-corrected chi connectivity index (χ1v) is 20.3. The highest BCUT2D eigenvalue weighted by Gasteiger charge is 2.15. The van der Waals surface area contributed by atoms with Crippen molar-refractivity contribution in [3.8, 4) is 101 Å². The van der Waals surface area contributed by atoms with Gasteiger partial charge in [0.25, 0.3) is 0 Å². The van der Waals surface area contributed by atoms with Gasteiger partial charge in [-0.3, -0.25) is 0 Å². The van der Waals surface area contributed by atoms with E-state index in [1.165, 1.54) is 33.4 Å². The Morgan fingerprint density at radius 1 is 0.150 bits per heavy atom. The van der Waals surface area contributed by atoms with Crippen LogP contribution >= 0.6 is 0 Å². The second kappa shape index (κ2) is 16.5. The van der Waals surface area contributed by atoms with Gasteiger partial charge in [-0.1, -0.05) is 206 Å². The zero-order valence-corrected chi connectivity index (χ0v) is 32.9. The number of nitrogens with zero attached hydrogens (tertiary/aromatic N) is 3. The van der Waals surface area contributed by atoms with Gasteiger partial charge in [-0.2, -0.15) is 0 Å². The Hall–Kier alpha value is -8.01. The van der Waals surface area contributed by atoms with Crippen molar-refractivity contribution in [1.82, 2.24) is 15.0 Å². The highest BCUT2D eigenvalue weighted by molar-refractivity contribution is 5.80. The molecule has 3 nitrogen and oxygen atoms in total. The maximum absolute atomic E-state index is 5.18. The molecule has 0 radical (unpaired) electrons. The van der Waals surface area contributed by atoms with E-state index >= 15 is 0 Å². The first-order valence-electron chi connectivity index (χ1n) is 20.3. The molecule has 0 saturated carbocycles. The molecule has 0 N–H and O–H groups in total. The van der Waals surface area contributed by atoms with Gasteiger partial charge in [-0.15, -0.1) is 0 Å². The van der Waals surface area contributed by atoms with Crippen molar-refractivity contribution in [3.63, 3.8) is 0 Å². The molecule has 0 spiro atoms. The van der Waals surface area contributed by atoms with E-state index in [9.17, 15) is 0 Å². The van der Waals surface area contributed by atoms with Gasteiger partial charge in [0.1, 0.15) is 0 Å². The molecule has 0 unspecified atom stereocenters. The molecular weight excluding hydrogens is 727 g/mol. The van der Waals surface area contributed by atoms with Crippen LogP contribution in [0.1, 0.15) is 0 Å². The molecule has 282 valence electrons. The summed E-state index contributed by atoms with van der Waals surface area (Å²) in [6.07, 6.45) is 0. The minimum absolute atomic E-state index is 0.618. The first-order chi connectivity index (χ1) is 29.7. The van der Waals surface area contributed by atoms with Crippen LogP contribution in [0.25, 0.3) is 101 Å². The number of hydrogen-bond donors (Lipinski definition) is 0. The molecule has 0 aliphatic carbocycles. The van der Waals surface area contributed by atoms with Crippen LogP contribution in [0.2, 0.25) is 0 Å². The summed E-state index contributed by atoms with van der Waals surface area (Å²) in [6.45, 7) is 0. The zero-order chi connectivity index (χ0) is 40.1. The highest BCUT2D eigenvalue weighted by atomic mass is 15.0. The molecule has 0 aliphatic heterocycles. The van der Waals surface area contributed by atoms with E-state index < -0.39 is 0 Å². The summed E-state index contributed by atoms with van der Waals surface area (Å²) in [4.78, 5) is 15.5. The van der Waals surface area contributed by atoms with Crippen molar-refractivity contribution in [1.29, 1.82) is 0 Å². The molecule has 0 atom stereocenters. The molecule has 0 fully saturated rings. The monoisotopic (exact) mass is 765 g/mol. The van der Waals surface area contributed by atoms with Crippen LogP contribution in [0.5, 0.6) is 0 Å². The van der Waals surface area contributed by atoms with Crippen molar-refractivity contribution in [2.75, 3.05) is 0 Å². The lowest BCUT2D eigenvalue weighted by Gasteiger charge is -2.12. The number of rotatable bonds is 9. The average molecular weight is 766 g/mol. The summed E-state index contributed by atoms with van der Waals surface area (Å²) in [7, 11) is 0. The molecule has 0 saturated heterocycles. The van der Waals surface area contributed by atoms with Crippen LogP contribution < -0.4 is 0 Å². The summed E-state index contributed by atoms with van der Waals surface area (Å²) in [5.41, 5.74) is 16.6. The second-order valence-electron chi connectivity index (χ2n) is 14.9. The summed E-state index contributed by atoms with van der Waals surface area (Å²) in [6, 6.07) is 83.1. The van der Waals surface area contributed by atoms with E-state index in [0.717, 1.165) is 50.1 Å². The summed E-state index contributed by atoms with van der Waals surface area (Å²) >= 11 is 0. The normalized spacial score (nSPS) is 11.0. The van der Waals surface area contributed by atoms with Crippen LogP contribution in [0.3, 0.4) is 0 Å². The molecule has 1 heterocycles. The van der Waals surface area contributed by atoms with Gasteiger partial charge in [0.2, 0.25) is 0 Å². The third kappa shape index (κ3) is 7.80. The van der Waals surface area contributed by atoms with E-state index in [2.05, 4.69) is 218 Å². The topological polar surface area (TPSA) is 38.7 Å². The molecule has 10 rings (SSSR count). The van der Waals surface area contributed by atoms with E-state index in [1.807, 2.05) is 18.2 Å². The van der Waals surface area contributed by atoms with Crippen LogP contribution in [-0.4, -0.2) is 15.0 Å². The molecule has 60 heavy (non-hydrogen) atoms. The lowest BCUT2D eigenvalue weighted by atomic mass is 9.97. The number of hydrogen-bond acceptors (Lipinski definition) is 3. The third-order valence-electron chi connectivity index (χ3n) is 10.9. The first kappa shape index (κ1) is 36.3. The highest BCUT2D eigenvalue weighted by Crippen LogP contribution is 2.34. The van der Waals surface area contributed by atoms with E-state index in [4.69, 9.17) is 15.0 Å². The van der Waals surface area contributed by atoms with Crippen molar-refractivity contribution >= 4 is 0 Å². The fraction of sp³-hybridized carbons (Fsp3) is 0. The SMILES string of the molecule is c1ccc(-c2cccc(-c3ccc(-c4nc(-c5cccc(-c6cccc(-c7ccccc7)c6)c5)nc(-c5cccc(-c6cccc(-c7ccccc7)c6)c5)n4)cc3)c2)cc1. The number of benzene rings is 9. The Balaban J connectivity index is 1.05. The largest absolute Gasteiger partial charge is 0.208 e. The predicted octanol–water partition coefficient (Wildman–Crippen LogP) is 14.9. The van der Waals surface area contributed by atoms with Gasteiger partial charge in [0.05, 0.1) is 0 Å². The Bertz CT molecular complexity index is 2920. The molecule has 1 aromatic heterocycles. The minimum atomic E-state index is 0.618. The van der Waals surface area contributed by atoms with Gasteiger partial charge >= 0.3 is 0 Å². The molecule has 9 aromatic carbocycles. The Kier molecular flexibility index (Phi) is 9.97. The summed E-state index contributed by atoms with van der Waals surface area (Å²) in [5, 5.41) is 0. The fourth-order valence-electron chi connectivity index (χ4n) is 7.78. The molecule has 0 amide bonds. The van der Waals surface area contributed by atoms with Gasteiger partial charge < -0.3 is 0 Å². The molecule has 10 aromatic rings. The fourth-order valence-corrected chi connectivity index (χ4v) is 7.78. The number of aromatic nitrogens is 3. The van der Waals surface area contributed by atoms with Crippen LogP contribution in [0.4, 0.5) is 0 Å². The maximum Gasteiger partial charge on any atom is 0.164 e. The Morgan fingerprint density at radius 2 is 0.350 bits per heavy atom. The summed E-state index contributed by atoms with van der Waals surface area (Å²) < 4.78 is 0. The van der Waals surface area contributed by atoms with Gasteiger partial charge in [0.15, 0.2) is 17.5 Å². The quantitative estimate of drug-likeness (QED) is 0.147. The van der Waals surface area contributed by atoms with Crippen LogP contribution in [0.15, 0.2) is 237 Å². The van der Waals surface area contributed by atoms with Crippen molar-refractivity contribution in [3.05, 3.63) is 237 Å². The second-order valence-corrected chi connectivity index (χ2v) is 14.9. The van der Waals surface area contributed by atoms with Crippen LogP contribution in [-0.2, 0) is 0 Å². The Morgan fingerprint density at radius 3 is 0.667 bits per heavy atom. The van der Waals surface area contributed by atoms with Gasteiger partial charge in [-0.25, -0.2) is 15.0 Å². The van der Waals surface area contributed by atoms with E-state index in [1.54, 1.807) is 0 Å². The lowest BCUT2D eigenvalue weighted by Crippen LogP contribution is -2.00. The lowest BCUT2D eigenvalue weighted by molar-refractivity contribution is 1.07. The Labute approximate surface area is 351 Å². The maximum atomic E-state index is 5.18.